The number of nitrogens with zero attached hydrogens (tertiary/aromatic N) is 2. The maximum Gasteiger partial charge on any atom is 0.387 e. The van der Waals surface area contributed by atoms with Crippen LogP contribution in [-0.4, -0.2) is 74.0 Å². The normalized spacial score (nSPS) is 15.6. The van der Waals surface area contributed by atoms with E-state index < -0.39 is 18.4 Å². The first-order chi connectivity index (χ1) is 13.0. The zero-order chi connectivity index (χ0) is 19.6. The minimum absolute atomic E-state index is 0.0201. The van der Waals surface area contributed by atoms with Gasteiger partial charge in [0.2, 0.25) is 0 Å². The van der Waals surface area contributed by atoms with Crippen LogP contribution >= 0.6 is 0 Å². The molecule has 2 amide bonds. The van der Waals surface area contributed by atoms with Crippen molar-refractivity contribution in [3.63, 3.8) is 0 Å². The number of carbonyl (C=O) groups excluding carboxylic acids is 2. The number of ether oxygens (including phenoxy) is 1. The molecule has 7 nitrogen and oxygen atoms in total. The molecule has 0 bridgehead atoms. The first-order valence-corrected chi connectivity index (χ1v) is 9.07. The molecule has 1 aromatic carbocycles. The number of para-hydroxylation sites is 2. The van der Waals surface area contributed by atoms with Gasteiger partial charge in [-0.25, -0.2) is 0 Å². The summed E-state index contributed by atoms with van der Waals surface area (Å²) >= 11 is 0. The van der Waals surface area contributed by atoms with Gasteiger partial charge in [-0.3, -0.25) is 9.59 Å². The Morgan fingerprint density at radius 2 is 1.78 bits per heavy atom. The maximum absolute atomic E-state index is 12.4. The Morgan fingerprint density at radius 3 is 2.44 bits per heavy atom. The number of piperazine rings is 1. The topological polar surface area (TPSA) is 73.9 Å². The van der Waals surface area contributed by atoms with Crippen LogP contribution in [0.3, 0.4) is 0 Å². The van der Waals surface area contributed by atoms with Gasteiger partial charge in [-0.05, 0) is 31.6 Å². The van der Waals surface area contributed by atoms with Crippen LogP contribution in [0.25, 0.3) is 0 Å². The molecule has 0 atom stereocenters. The maximum atomic E-state index is 12.4. The van der Waals surface area contributed by atoms with E-state index in [1.807, 2.05) is 0 Å². The Bertz CT molecular complexity index is 622. The summed E-state index contributed by atoms with van der Waals surface area (Å²) < 4.78 is 29.1. The third kappa shape index (κ3) is 7.10. The van der Waals surface area contributed by atoms with Crippen molar-refractivity contribution in [2.24, 2.45) is 0 Å². The number of carbonyl (C=O) groups is 2. The number of hydrogen-bond acceptors (Lipinski definition) is 5. The van der Waals surface area contributed by atoms with Crippen LogP contribution in [0.15, 0.2) is 24.3 Å². The van der Waals surface area contributed by atoms with Crippen molar-refractivity contribution < 1.29 is 23.1 Å². The molecule has 2 N–H and O–H groups in total. The number of benzene rings is 1. The molecule has 0 aliphatic carbocycles. The van der Waals surface area contributed by atoms with Gasteiger partial charge in [0.1, 0.15) is 5.75 Å². The molecule has 2 rings (SSSR count). The number of nitrogens with one attached hydrogen (secondary N) is 2. The fourth-order valence-electron chi connectivity index (χ4n) is 2.86. The lowest BCUT2D eigenvalue weighted by atomic mass is 10.3. The Balaban J connectivity index is 1.70. The summed E-state index contributed by atoms with van der Waals surface area (Å²) in [7, 11) is 0. The predicted molar refractivity (Wildman–Crippen MR) is 97.9 cm³/mol. The summed E-state index contributed by atoms with van der Waals surface area (Å²) in [5.74, 6) is -1.92. The van der Waals surface area contributed by atoms with Gasteiger partial charge in [0, 0.05) is 32.7 Å². The van der Waals surface area contributed by atoms with Gasteiger partial charge >= 0.3 is 18.4 Å². The lowest BCUT2D eigenvalue weighted by Gasteiger charge is -2.33. The van der Waals surface area contributed by atoms with Crippen LogP contribution < -0.4 is 15.4 Å². The van der Waals surface area contributed by atoms with E-state index in [1.54, 1.807) is 6.07 Å². The molecular weight excluding hydrogens is 358 g/mol. The molecule has 1 saturated heterocycles. The highest BCUT2D eigenvalue weighted by atomic mass is 19.3. The number of rotatable bonds is 8. The van der Waals surface area contributed by atoms with Crippen molar-refractivity contribution in [2.75, 3.05) is 51.1 Å². The second-order valence-corrected chi connectivity index (χ2v) is 6.21. The smallest absolute Gasteiger partial charge is 0.387 e. The first kappa shape index (κ1) is 21.0. The molecule has 1 fully saturated rings. The molecule has 0 spiro atoms. The predicted octanol–water partition coefficient (Wildman–Crippen LogP) is 1.37. The monoisotopic (exact) mass is 384 g/mol. The zero-order valence-corrected chi connectivity index (χ0v) is 15.4. The summed E-state index contributed by atoms with van der Waals surface area (Å²) in [6.45, 7) is 5.51. The summed E-state index contributed by atoms with van der Waals surface area (Å²) in [5, 5.41) is 4.84. The lowest BCUT2D eigenvalue weighted by molar-refractivity contribution is -0.136. The SMILES string of the molecule is CCN1CCN(CCCNC(=O)C(=O)Nc2ccccc2OC(F)F)CC1. The highest BCUT2D eigenvalue weighted by Gasteiger charge is 2.18. The van der Waals surface area contributed by atoms with Crippen LogP contribution in [0, 0.1) is 0 Å². The second-order valence-electron chi connectivity index (χ2n) is 6.21. The Labute approximate surface area is 157 Å². The second kappa shape index (κ2) is 10.8. The Morgan fingerprint density at radius 1 is 1.11 bits per heavy atom. The lowest BCUT2D eigenvalue weighted by Crippen LogP contribution is -2.46. The van der Waals surface area contributed by atoms with Gasteiger partial charge in [-0.15, -0.1) is 0 Å². The molecule has 1 aliphatic heterocycles. The van der Waals surface area contributed by atoms with E-state index in [0.717, 1.165) is 45.7 Å². The molecular formula is C18H26F2N4O3. The van der Waals surface area contributed by atoms with E-state index in [2.05, 4.69) is 32.1 Å². The molecule has 1 aromatic rings. The van der Waals surface area contributed by atoms with Crippen molar-refractivity contribution in [2.45, 2.75) is 20.0 Å². The van der Waals surface area contributed by atoms with Crippen molar-refractivity contribution >= 4 is 17.5 Å². The highest BCUT2D eigenvalue weighted by molar-refractivity contribution is 6.39. The average Bonchev–Trinajstić information content (AvgIpc) is 2.66. The number of likely N-dealkylation sites (N-methyl/N-ethyl adjacent to an activating group) is 1. The van der Waals surface area contributed by atoms with Crippen LogP contribution in [-0.2, 0) is 9.59 Å². The molecule has 9 heteroatoms. The van der Waals surface area contributed by atoms with Crippen molar-refractivity contribution in [1.82, 2.24) is 15.1 Å². The Hall–Kier alpha value is -2.26. The van der Waals surface area contributed by atoms with Crippen molar-refractivity contribution in [3.05, 3.63) is 24.3 Å². The zero-order valence-electron chi connectivity index (χ0n) is 15.4. The van der Waals surface area contributed by atoms with E-state index in [1.165, 1.54) is 18.2 Å². The van der Waals surface area contributed by atoms with Crippen molar-refractivity contribution in [1.29, 1.82) is 0 Å². The Kier molecular flexibility index (Phi) is 8.41. The van der Waals surface area contributed by atoms with E-state index in [-0.39, 0.29) is 11.4 Å². The van der Waals surface area contributed by atoms with Gasteiger partial charge in [0.25, 0.3) is 0 Å². The summed E-state index contributed by atoms with van der Waals surface area (Å²) in [5.41, 5.74) is 0.0201. The van der Waals surface area contributed by atoms with Gasteiger partial charge in [-0.1, -0.05) is 19.1 Å². The van der Waals surface area contributed by atoms with Crippen molar-refractivity contribution in [3.8, 4) is 5.75 Å². The third-order valence-electron chi connectivity index (χ3n) is 4.41. The molecule has 0 unspecified atom stereocenters. The quantitative estimate of drug-likeness (QED) is 0.523. The summed E-state index contributed by atoms with van der Waals surface area (Å²) in [6, 6.07) is 5.72. The van der Waals surface area contributed by atoms with E-state index >= 15 is 0 Å². The fourth-order valence-corrected chi connectivity index (χ4v) is 2.86. The largest absolute Gasteiger partial charge is 0.433 e. The minimum Gasteiger partial charge on any atom is -0.433 e. The fraction of sp³-hybridized carbons (Fsp3) is 0.556. The van der Waals surface area contributed by atoms with Crippen LogP contribution in [0.1, 0.15) is 13.3 Å². The number of anilines is 1. The third-order valence-corrected chi connectivity index (χ3v) is 4.41. The van der Waals surface area contributed by atoms with E-state index in [0.29, 0.717) is 6.54 Å². The van der Waals surface area contributed by atoms with Gasteiger partial charge in [0.05, 0.1) is 5.69 Å². The average molecular weight is 384 g/mol. The molecule has 1 heterocycles. The molecule has 1 aliphatic rings. The first-order valence-electron chi connectivity index (χ1n) is 9.07. The van der Waals surface area contributed by atoms with Crippen LogP contribution in [0.2, 0.25) is 0 Å². The van der Waals surface area contributed by atoms with Crippen LogP contribution in [0.5, 0.6) is 5.75 Å². The molecule has 0 radical (unpaired) electrons. The number of halogens is 2. The molecule has 0 saturated carbocycles. The van der Waals surface area contributed by atoms with Gasteiger partial charge in [-0.2, -0.15) is 8.78 Å². The summed E-state index contributed by atoms with van der Waals surface area (Å²) in [6.07, 6.45) is 0.732. The van der Waals surface area contributed by atoms with E-state index in [4.69, 9.17) is 0 Å². The van der Waals surface area contributed by atoms with Gasteiger partial charge < -0.3 is 25.2 Å². The number of alkyl halides is 2. The standard InChI is InChI=1S/C18H26F2N4O3/c1-2-23-10-12-24(13-11-23)9-5-8-21-16(25)17(26)22-14-6-3-4-7-15(14)27-18(19)20/h3-4,6-7,18H,2,5,8-13H2,1H3,(H,21,25)(H,22,26). The number of amides is 2. The number of hydrogen-bond donors (Lipinski definition) is 2. The minimum atomic E-state index is -3.02. The molecule has 150 valence electrons. The molecule has 0 aromatic heterocycles. The molecule has 27 heavy (non-hydrogen) atoms. The highest BCUT2D eigenvalue weighted by Crippen LogP contribution is 2.25. The van der Waals surface area contributed by atoms with Gasteiger partial charge in [0.15, 0.2) is 0 Å². The van der Waals surface area contributed by atoms with Crippen LogP contribution in [0.4, 0.5) is 14.5 Å². The van der Waals surface area contributed by atoms with E-state index in [9.17, 15) is 18.4 Å². The summed E-state index contributed by atoms with van der Waals surface area (Å²) in [4.78, 5) is 28.5.